The van der Waals surface area contributed by atoms with Gasteiger partial charge in [0.05, 0.1) is 0 Å². The van der Waals surface area contributed by atoms with E-state index in [2.05, 4.69) is 12.2 Å². The summed E-state index contributed by atoms with van der Waals surface area (Å²) in [5, 5.41) is 0. The van der Waals surface area contributed by atoms with Crippen LogP contribution in [0.4, 0.5) is 0 Å². The van der Waals surface area contributed by atoms with E-state index >= 15 is 0 Å². The van der Waals surface area contributed by atoms with Crippen molar-refractivity contribution in [1.82, 2.24) is 0 Å². The Morgan fingerprint density at radius 1 is 1.00 bits per heavy atom. The van der Waals surface area contributed by atoms with Crippen LogP contribution in [0.15, 0.2) is 12.2 Å². The molecular formula is C6H10Si. The molecule has 0 amide bonds. The number of rotatable bonds is 0. The maximum atomic E-state index is 2.31. The average Bonchev–Trinajstić information content (AvgIpc) is 1.90. The zero-order chi connectivity index (χ0) is 4.95. The van der Waals surface area contributed by atoms with Crippen molar-refractivity contribution in [3.05, 3.63) is 12.2 Å². The van der Waals surface area contributed by atoms with Gasteiger partial charge in [-0.15, -0.1) is 0 Å². The van der Waals surface area contributed by atoms with Crippen LogP contribution in [0.25, 0.3) is 0 Å². The fourth-order valence-electron chi connectivity index (χ4n) is 0.731. The van der Waals surface area contributed by atoms with Crippen molar-refractivity contribution in [2.75, 3.05) is 0 Å². The molecule has 0 N–H and O–H groups in total. The predicted molar refractivity (Wildman–Crippen MR) is 33.7 cm³/mol. The van der Waals surface area contributed by atoms with Crippen molar-refractivity contribution in [3.63, 3.8) is 0 Å². The van der Waals surface area contributed by atoms with Crippen molar-refractivity contribution in [2.24, 2.45) is 0 Å². The first-order valence-corrected chi connectivity index (χ1v) is 4.27. The molecule has 7 heavy (non-hydrogen) atoms. The van der Waals surface area contributed by atoms with Gasteiger partial charge in [0.15, 0.2) is 0 Å². The molecule has 1 rings (SSSR count). The highest BCUT2D eigenvalue weighted by molar-refractivity contribution is 6.35. The van der Waals surface area contributed by atoms with E-state index in [4.69, 9.17) is 0 Å². The molecule has 0 saturated heterocycles. The van der Waals surface area contributed by atoms with Gasteiger partial charge < -0.3 is 0 Å². The van der Waals surface area contributed by atoms with Gasteiger partial charge in [0.2, 0.25) is 0 Å². The molecule has 1 aliphatic heterocycles. The summed E-state index contributed by atoms with van der Waals surface area (Å²) < 4.78 is 0. The molecule has 0 bridgehead atoms. The lowest BCUT2D eigenvalue weighted by Crippen LogP contribution is -1.81. The third-order valence-electron chi connectivity index (χ3n) is 1.14. The Morgan fingerprint density at radius 2 is 1.57 bits per heavy atom. The molecule has 38 valence electrons. The van der Waals surface area contributed by atoms with Gasteiger partial charge in [-0.05, 0) is 12.8 Å². The van der Waals surface area contributed by atoms with Gasteiger partial charge >= 0.3 is 0 Å². The van der Waals surface area contributed by atoms with Crippen LogP contribution in [0.1, 0.15) is 12.8 Å². The Balaban J connectivity index is 2.20. The molecule has 0 atom stereocenters. The minimum atomic E-state index is 1.23. The fraction of sp³-hybridized carbons (Fsp3) is 0.667. The SMILES string of the molecule is C1=CCC[Si]CC1. The summed E-state index contributed by atoms with van der Waals surface area (Å²) in [6, 6.07) is 2.88. The van der Waals surface area contributed by atoms with Gasteiger partial charge in [-0.3, -0.25) is 0 Å². The summed E-state index contributed by atoms with van der Waals surface area (Å²) in [6.45, 7) is 0. The van der Waals surface area contributed by atoms with E-state index in [1.165, 1.54) is 34.4 Å². The van der Waals surface area contributed by atoms with Crippen molar-refractivity contribution in [1.29, 1.82) is 0 Å². The Kier molecular flexibility index (Phi) is 2.20. The van der Waals surface area contributed by atoms with Crippen LogP contribution in [-0.4, -0.2) is 9.52 Å². The lowest BCUT2D eigenvalue weighted by molar-refractivity contribution is 1.21. The number of hydrogen-bond donors (Lipinski definition) is 0. The second-order valence-corrected chi connectivity index (χ2v) is 3.30. The van der Waals surface area contributed by atoms with Crippen LogP contribution in [0.3, 0.4) is 0 Å². The normalized spacial score (nSPS) is 21.7. The summed E-state index contributed by atoms with van der Waals surface area (Å²) >= 11 is 0. The van der Waals surface area contributed by atoms with Crippen LogP contribution in [0.5, 0.6) is 0 Å². The molecule has 0 unspecified atom stereocenters. The van der Waals surface area contributed by atoms with Crippen molar-refractivity contribution >= 4 is 9.52 Å². The van der Waals surface area contributed by atoms with Crippen molar-refractivity contribution in [3.8, 4) is 0 Å². The Bertz CT molecular complexity index is 58.6. The molecule has 0 aromatic carbocycles. The highest BCUT2D eigenvalue weighted by Gasteiger charge is 1.90. The van der Waals surface area contributed by atoms with Gasteiger partial charge in [-0.2, -0.15) is 0 Å². The lowest BCUT2D eigenvalue weighted by atomic mass is 10.4. The molecule has 0 aromatic heterocycles. The lowest BCUT2D eigenvalue weighted by Gasteiger charge is -1.84. The Labute approximate surface area is 47.4 Å². The van der Waals surface area contributed by atoms with Crippen LogP contribution in [-0.2, 0) is 0 Å². The highest BCUT2D eigenvalue weighted by Crippen LogP contribution is 2.03. The van der Waals surface area contributed by atoms with E-state index in [0.717, 1.165) is 0 Å². The smallest absolute Gasteiger partial charge is 0.0384 e. The number of hydrogen-bond acceptors (Lipinski definition) is 0. The molecule has 0 fully saturated rings. The van der Waals surface area contributed by atoms with E-state index in [1.807, 2.05) is 0 Å². The Morgan fingerprint density at radius 3 is 2.14 bits per heavy atom. The molecular weight excluding hydrogens is 100 g/mol. The Hall–Kier alpha value is -0.0431. The van der Waals surface area contributed by atoms with Crippen LogP contribution in [0, 0.1) is 0 Å². The standard InChI is InChI=1S/C6H10Si/c1-2-4-6-7-5-3-1/h1-2H,3-6H2. The van der Waals surface area contributed by atoms with E-state index < -0.39 is 0 Å². The van der Waals surface area contributed by atoms with E-state index in [1.54, 1.807) is 0 Å². The molecule has 1 heteroatoms. The van der Waals surface area contributed by atoms with Gasteiger partial charge in [0, 0.05) is 9.52 Å². The van der Waals surface area contributed by atoms with E-state index in [-0.39, 0.29) is 0 Å². The average molecular weight is 110 g/mol. The van der Waals surface area contributed by atoms with E-state index in [9.17, 15) is 0 Å². The van der Waals surface area contributed by atoms with Gasteiger partial charge in [-0.25, -0.2) is 0 Å². The first kappa shape index (κ1) is 5.10. The largest absolute Gasteiger partial charge is 0.0888 e. The fourth-order valence-corrected chi connectivity index (χ4v) is 1.72. The molecule has 0 spiro atoms. The van der Waals surface area contributed by atoms with Crippen LogP contribution >= 0.6 is 0 Å². The summed E-state index contributed by atoms with van der Waals surface area (Å²) in [5.74, 6) is 0. The second-order valence-electron chi connectivity index (χ2n) is 1.80. The zero-order valence-electron chi connectivity index (χ0n) is 4.48. The second kappa shape index (κ2) is 3.02. The summed E-state index contributed by atoms with van der Waals surface area (Å²) in [4.78, 5) is 0. The molecule has 2 radical (unpaired) electrons. The number of allylic oxidation sites excluding steroid dienone is 2. The third kappa shape index (κ3) is 1.93. The van der Waals surface area contributed by atoms with Gasteiger partial charge in [0.25, 0.3) is 0 Å². The third-order valence-corrected chi connectivity index (χ3v) is 2.43. The summed E-state index contributed by atoms with van der Waals surface area (Å²) in [6.07, 6.45) is 7.27. The first-order valence-electron chi connectivity index (χ1n) is 2.86. The molecule has 0 aromatic rings. The van der Waals surface area contributed by atoms with Crippen LogP contribution < -0.4 is 0 Å². The first-order chi connectivity index (χ1) is 3.50. The minimum Gasteiger partial charge on any atom is -0.0888 e. The van der Waals surface area contributed by atoms with Gasteiger partial charge in [0.1, 0.15) is 0 Å². The molecule has 0 nitrogen and oxygen atoms in total. The summed E-state index contributed by atoms with van der Waals surface area (Å²) in [7, 11) is 1.23. The topological polar surface area (TPSA) is 0 Å². The molecule has 0 aliphatic carbocycles. The quantitative estimate of drug-likeness (QED) is 0.330. The molecule has 0 saturated carbocycles. The highest BCUT2D eigenvalue weighted by atomic mass is 28.2. The van der Waals surface area contributed by atoms with Crippen LogP contribution in [0.2, 0.25) is 12.1 Å². The predicted octanol–water partition coefficient (Wildman–Crippen LogP) is 1.88. The summed E-state index contributed by atoms with van der Waals surface area (Å²) in [5.41, 5.74) is 0. The zero-order valence-corrected chi connectivity index (χ0v) is 5.48. The monoisotopic (exact) mass is 110 g/mol. The molecule has 1 aliphatic rings. The van der Waals surface area contributed by atoms with E-state index in [0.29, 0.717) is 0 Å². The maximum Gasteiger partial charge on any atom is 0.0384 e. The van der Waals surface area contributed by atoms with Gasteiger partial charge in [-0.1, -0.05) is 24.2 Å². The van der Waals surface area contributed by atoms with Crippen molar-refractivity contribution < 1.29 is 0 Å². The minimum absolute atomic E-state index is 1.23. The van der Waals surface area contributed by atoms with Crippen molar-refractivity contribution in [2.45, 2.75) is 24.9 Å². The molecule has 1 heterocycles. The maximum absolute atomic E-state index is 2.31.